The second-order valence-electron chi connectivity index (χ2n) is 7.74. The molecule has 0 bridgehead atoms. The fourth-order valence-corrected chi connectivity index (χ4v) is 4.11. The van der Waals surface area contributed by atoms with Crippen LogP contribution in [0.25, 0.3) is 22.1 Å². The summed E-state index contributed by atoms with van der Waals surface area (Å²) in [5.41, 5.74) is 2.64. The van der Waals surface area contributed by atoms with E-state index in [0.29, 0.717) is 51.0 Å². The molecule has 2 aliphatic heterocycles. The summed E-state index contributed by atoms with van der Waals surface area (Å²) < 4.78 is 28.9. The molecule has 5 rings (SSSR count). The topological polar surface area (TPSA) is 67.1 Å². The highest BCUT2D eigenvalue weighted by molar-refractivity contribution is 5.89. The van der Waals surface area contributed by atoms with Crippen molar-refractivity contribution >= 4 is 11.0 Å². The zero-order valence-electron chi connectivity index (χ0n) is 16.8. The monoisotopic (exact) mass is 394 g/mol. The molecule has 0 fully saturated rings. The van der Waals surface area contributed by atoms with Crippen molar-refractivity contribution in [1.82, 2.24) is 0 Å². The molecule has 0 radical (unpaired) electrons. The first-order valence-corrected chi connectivity index (χ1v) is 9.69. The predicted molar refractivity (Wildman–Crippen MR) is 108 cm³/mol. The van der Waals surface area contributed by atoms with Gasteiger partial charge in [-0.05, 0) is 24.1 Å². The van der Waals surface area contributed by atoms with Gasteiger partial charge in [-0.15, -0.1) is 0 Å². The predicted octanol–water partition coefficient (Wildman–Crippen LogP) is 4.33. The maximum atomic E-state index is 13.5. The van der Waals surface area contributed by atoms with Crippen LogP contribution in [0.2, 0.25) is 0 Å². The van der Waals surface area contributed by atoms with E-state index in [9.17, 15) is 4.79 Å². The van der Waals surface area contributed by atoms with Crippen molar-refractivity contribution in [3.63, 3.8) is 0 Å². The highest BCUT2D eigenvalue weighted by Gasteiger charge is 2.32. The smallest absolute Gasteiger partial charge is 0.201 e. The first-order valence-electron chi connectivity index (χ1n) is 9.69. The minimum absolute atomic E-state index is 0.0752. The normalized spacial score (nSPS) is 16.7. The van der Waals surface area contributed by atoms with Crippen LogP contribution in [0, 0.1) is 5.92 Å². The lowest BCUT2D eigenvalue weighted by molar-refractivity contribution is 0.179. The van der Waals surface area contributed by atoms with Crippen LogP contribution in [0.1, 0.15) is 25.2 Å². The van der Waals surface area contributed by atoms with Gasteiger partial charge < -0.3 is 23.4 Å². The Morgan fingerprint density at radius 3 is 2.55 bits per heavy atom. The average Bonchev–Trinajstić information content (AvgIpc) is 3.17. The third-order valence-corrected chi connectivity index (χ3v) is 5.73. The van der Waals surface area contributed by atoms with Crippen molar-refractivity contribution in [3.05, 3.63) is 45.8 Å². The van der Waals surface area contributed by atoms with Crippen LogP contribution in [0.4, 0.5) is 0 Å². The van der Waals surface area contributed by atoms with Crippen molar-refractivity contribution in [2.45, 2.75) is 33.0 Å². The van der Waals surface area contributed by atoms with Crippen LogP contribution in [0.3, 0.4) is 0 Å². The van der Waals surface area contributed by atoms with Crippen LogP contribution in [0.5, 0.6) is 23.0 Å². The van der Waals surface area contributed by atoms with Gasteiger partial charge in [0.15, 0.2) is 17.3 Å². The van der Waals surface area contributed by atoms with Gasteiger partial charge in [-0.3, -0.25) is 4.79 Å². The maximum absolute atomic E-state index is 13.5. The van der Waals surface area contributed by atoms with Crippen molar-refractivity contribution < 1.29 is 23.4 Å². The zero-order chi connectivity index (χ0) is 20.3. The Balaban J connectivity index is 1.73. The number of benzene rings is 2. The molecule has 0 unspecified atom stereocenters. The minimum atomic E-state index is -0.0752. The number of hydrogen-bond donors (Lipinski definition) is 0. The molecule has 3 aromatic rings. The second-order valence-corrected chi connectivity index (χ2v) is 7.74. The van der Waals surface area contributed by atoms with Gasteiger partial charge in [-0.25, -0.2) is 0 Å². The van der Waals surface area contributed by atoms with E-state index >= 15 is 0 Å². The Morgan fingerprint density at radius 1 is 1.07 bits per heavy atom. The van der Waals surface area contributed by atoms with Crippen molar-refractivity contribution in [2.24, 2.45) is 5.92 Å². The summed E-state index contributed by atoms with van der Waals surface area (Å²) in [5, 5.41) is 0.554. The number of hydrogen-bond acceptors (Lipinski definition) is 6. The van der Waals surface area contributed by atoms with Gasteiger partial charge in [-0.1, -0.05) is 13.8 Å². The van der Waals surface area contributed by atoms with Gasteiger partial charge in [0.1, 0.15) is 29.8 Å². The Bertz CT molecular complexity index is 1190. The Kier molecular flexibility index (Phi) is 3.98. The standard InChI is InChI=1S/C23H22O6/c1-11(2)16-8-14-15(28-16)6-5-12-22(24)21-13-7-18(25-3)19(26-4)9-17(13)27-10-20(21)29-23(12)14/h5-7,9,11,16H,8,10H2,1-4H3/t16-/m1/s1. The number of ether oxygens (including phenoxy) is 4. The van der Waals surface area contributed by atoms with Gasteiger partial charge in [0, 0.05) is 23.6 Å². The Hall–Kier alpha value is -3.15. The Morgan fingerprint density at radius 2 is 1.83 bits per heavy atom. The minimum Gasteiger partial charge on any atom is -0.493 e. The summed E-state index contributed by atoms with van der Waals surface area (Å²) in [4.78, 5) is 13.5. The summed E-state index contributed by atoms with van der Waals surface area (Å²) in [6.45, 7) is 4.44. The number of fused-ring (bicyclic) bond motifs is 6. The third-order valence-electron chi connectivity index (χ3n) is 5.73. The van der Waals surface area contributed by atoms with E-state index in [1.165, 1.54) is 0 Å². The lowest BCUT2D eigenvalue weighted by Crippen LogP contribution is -2.19. The van der Waals surface area contributed by atoms with Gasteiger partial charge >= 0.3 is 0 Å². The second kappa shape index (κ2) is 6.44. The third kappa shape index (κ3) is 2.58. The molecule has 150 valence electrons. The van der Waals surface area contributed by atoms with Gasteiger partial charge in [0.25, 0.3) is 0 Å². The molecule has 0 spiro atoms. The molecule has 0 aliphatic carbocycles. The molecule has 2 aromatic carbocycles. The van der Waals surface area contributed by atoms with Crippen LogP contribution < -0.4 is 24.4 Å². The number of methoxy groups -OCH3 is 2. The van der Waals surface area contributed by atoms with Crippen LogP contribution in [-0.2, 0) is 13.0 Å². The van der Waals surface area contributed by atoms with Crippen molar-refractivity contribution in [1.29, 1.82) is 0 Å². The van der Waals surface area contributed by atoms with Crippen molar-refractivity contribution in [2.75, 3.05) is 14.2 Å². The summed E-state index contributed by atoms with van der Waals surface area (Å²) in [7, 11) is 3.13. The quantitative estimate of drug-likeness (QED) is 0.659. The molecule has 0 N–H and O–H groups in total. The molecular formula is C23H22O6. The molecule has 29 heavy (non-hydrogen) atoms. The number of rotatable bonds is 3. The van der Waals surface area contributed by atoms with Gasteiger partial charge in [0.05, 0.1) is 25.2 Å². The molecule has 6 heteroatoms. The molecule has 1 atom stereocenters. The van der Waals surface area contributed by atoms with Crippen molar-refractivity contribution in [3.8, 4) is 34.1 Å². The molecule has 6 nitrogen and oxygen atoms in total. The lowest BCUT2D eigenvalue weighted by Gasteiger charge is -2.21. The highest BCUT2D eigenvalue weighted by atomic mass is 16.5. The van der Waals surface area contributed by atoms with Crippen LogP contribution in [0.15, 0.2) is 33.5 Å². The molecule has 2 aliphatic rings. The summed E-state index contributed by atoms with van der Waals surface area (Å²) >= 11 is 0. The maximum Gasteiger partial charge on any atom is 0.201 e. The lowest BCUT2D eigenvalue weighted by atomic mass is 9.96. The summed E-state index contributed by atoms with van der Waals surface area (Å²) in [6.07, 6.45) is 0.819. The van der Waals surface area contributed by atoms with Crippen LogP contribution in [-0.4, -0.2) is 20.3 Å². The SMILES string of the molecule is COc1cc2c(cc1OC)-c1c(oc3c4c(ccc3c1=O)O[C@@H](C(C)C)C4)CO2. The van der Waals surface area contributed by atoms with E-state index in [-0.39, 0.29) is 18.1 Å². The van der Waals surface area contributed by atoms with Crippen LogP contribution >= 0.6 is 0 Å². The first-order chi connectivity index (χ1) is 14.0. The van der Waals surface area contributed by atoms with E-state index in [2.05, 4.69) is 13.8 Å². The summed E-state index contributed by atoms with van der Waals surface area (Å²) in [6, 6.07) is 7.17. The largest absolute Gasteiger partial charge is 0.493 e. The van der Waals surface area contributed by atoms with E-state index < -0.39 is 0 Å². The molecule has 1 aromatic heterocycles. The molecule has 3 heterocycles. The van der Waals surface area contributed by atoms with E-state index in [1.54, 1.807) is 32.4 Å². The van der Waals surface area contributed by atoms with E-state index in [0.717, 1.165) is 17.7 Å². The fraction of sp³-hybridized carbons (Fsp3) is 0.348. The molecule has 0 amide bonds. The first kappa shape index (κ1) is 17.9. The molecular weight excluding hydrogens is 372 g/mol. The molecule has 0 saturated heterocycles. The summed E-state index contributed by atoms with van der Waals surface area (Å²) in [5.74, 6) is 3.34. The zero-order valence-corrected chi connectivity index (χ0v) is 16.8. The Labute approximate surface area is 167 Å². The van der Waals surface area contributed by atoms with Gasteiger partial charge in [-0.2, -0.15) is 0 Å². The fourth-order valence-electron chi connectivity index (χ4n) is 4.11. The van der Waals surface area contributed by atoms with E-state index in [4.69, 9.17) is 23.4 Å². The average molecular weight is 394 g/mol. The molecule has 0 saturated carbocycles. The van der Waals surface area contributed by atoms with Gasteiger partial charge in [0.2, 0.25) is 5.43 Å². The highest BCUT2D eigenvalue weighted by Crippen LogP contribution is 2.45. The van der Waals surface area contributed by atoms with E-state index in [1.807, 2.05) is 6.07 Å².